The Kier molecular flexibility index (Phi) is 4.22. The largest absolute Gasteiger partial charge is 0.389 e. The molecular weight excluding hydrogens is 266 g/mol. The van der Waals surface area contributed by atoms with E-state index in [9.17, 15) is 5.11 Å². The van der Waals surface area contributed by atoms with Gasteiger partial charge >= 0.3 is 0 Å². The summed E-state index contributed by atoms with van der Waals surface area (Å²) in [5.41, 5.74) is 1.23. The maximum Gasteiger partial charge on any atom is 0.150 e. The van der Waals surface area contributed by atoms with Gasteiger partial charge < -0.3 is 14.7 Å². The van der Waals surface area contributed by atoms with E-state index in [1.807, 2.05) is 35.1 Å². The summed E-state index contributed by atoms with van der Waals surface area (Å²) in [6.45, 7) is 2.19. The highest BCUT2D eigenvalue weighted by molar-refractivity contribution is 5.38. The van der Waals surface area contributed by atoms with Crippen molar-refractivity contribution >= 4 is 5.82 Å². The average Bonchev–Trinajstić information content (AvgIpc) is 2.97. The number of hydrogen-bond donors (Lipinski definition) is 1. The van der Waals surface area contributed by atoms with E-state index in [1.54, 1.807) is 7.11 Å². The van der Waals surface area contributed by atoms with Crippen LogP contribution in [0.5, 0.6) is 0 Å². The number of aromatic nitrogens is 2. The number of piperidine rings is 1. The van der Waals surface area contributed by atoms with Crippen LogP contribution in [0.15, 0.2) is 42.6 Å². The molecular formula is C16H21N3O2. The van der Waals surface area contributed by atoms with Gasteiger partial charge in [0.2, 0.25) is 0 Å². The molecule has 1 N–H and O–H groups in total. The number of methoxy groups -OCH3 is 1. The minimum Gasteiger partial charge on any atom is -0.389 e. The summed E-state index contributed by atoms with van der Waals surface area (Å²) in [5, 5.41) is 14.6. The predicted molar refractivity (Wildman–Crippen MR) is 81.4 cm³/mol. The van der Waals surface area contributed by atoms with E-state index in [0.29, 0.717) is 6.54 Å². The monoisotopic (exact) mass is 287 g/mol. The third-order valence-corrected chi connectivity index (χ3v) is 3.96. The summed E-state index contributed by atoms with van der Waals surface area (Å²) in [6, 6.07) is 12.3. The quantitative estimate of drug-likeness (QED) is 0.926. The van der Waals surface area contributed by atoms with Crippen LogP contribution >= 0.6 is 0 Å². The maximum atomic E-state index is 10.0. The van der Waals surface area contributed by atoms with Crippen LogP contribution in [0.1, 0.15) is 12.0 Å². The van der Waals surface area contributed by atoms with Crippen molar-refractivity contribution in [1.29, 1.82) is 0 Å². The van der Waals surface area contributed by atoms with Crippen molar-refractivity contribution in [3.63, 3.8) is 0 Å². The number of ether oxygens (including phenoxy) is 1. The Bertz CT molecular complexity index is 570. The molecule has 2 aromatic rings. The van der Waals surface area contributed by atoms with Gasteiger partial charge in [0.1, 0.15) is 0 Å². The van der Waals surface area contributed by atoms with Crippen molar-refractivity contribution in [2.75, 3.05) is 25.1 Å². The third kappa shape index (κ3) is 3.25. The Morgan fingerprint density at radius 3 is 2.81 bits per heavy atom. The molecule has 0 unspecified atom stereocenters. The minimum atomic E-state index is -0.456. The van der Waals surface area contributed by atoms with Gasteiger partial charge in [-0.1, -0.05) is 30.3 Å². The summed E-state index contributed by atoms with van der Waals surface area (Å²) >= 11 is 0. The first-order valence-corrected chi connectivity index (χ1v) is 7.29. The molecule has 0 radical (unpaired) electrons. The van der Waals surface area contributed by atoms with Gasteiger partial charge in [-0.15, -0.1) is 0 Å². The van der Waals surface area contributed by atoms with Crippen molar-refractivity contribution in [3.05, 3.63) is 48.2 Å². The van der Waals surface area contributed by atoms with Gasteiger partial charge in [0.15, 0.2) is 5.82 Å². The summed E-state index contributed by atoms with van der Waals surface area (Å²) in [4.78, 5) is 2.11. The van der Waals surface area contributed by atoms with Crippen LogP contribution < -0.4 is 4.90 Å². The van der Waals surface area contributed by atoms with E-state index in [1.165, 1.54) is 5.56 Å². The standard InChI is InChI=1S/C16H21N3O2/c1-21-15-7-9-18(12-14(15)20)16-8-10-19(17-16)11-13-5-3-2-4-6-13/h2-6,8,10,14-15,20H,7,9,11-12H2,1H3/t14-,15-/m1/s1. The topological polar surface area (TPSA) is 50.5 Å². The third-order valence-electron chi connectivity index (χ3n) is 3.96. The SMILES string of the molecule is CO[C@@H]1CCN(c2ccn(Cc3ccccc3)n2)C[C@H]1O. The van der Waals surface area contributed by atoms with E-state index in [2.05, 4.69) is 22.1 Å². The second-order valence-electron chi connectivity index (χ2n) is 5.43. The van der Waals surface area contributed by atoms with Crippen LogP contribution in [-0.2, 0) is 11.3 Å². The molecule has 21 heavy (non-hydrogen) atoms. The maximum absolute atomic E-state index is 10.0. The number of rotatable bonds is 4. The molecule has 1 saturated heterocycles. The Labute approximate surface area is 124 Å². The van der Waals surface area contributed by atoms with Crippen LogP contribution in [0.4, 0.5) is 5.82 Å². The molecule has 112 valence electrons. The molecule has 0 amide bonds. The molecule has 1 aliphatic heterocycles. The second kappa shape index (κ2) is 6.28. The van der Waals surface area contributed by atoms with Gasteiger partial charge in [0, 0.05) is 32.5 Å². The van der Waals surface area contributed by atoms with E-state index < -0.39 is 6.10 Å². The second-order valence-corrected chi connectivity index (χ2v) is 5.43. The highest BCUT2D eigenvalue weighted by Crippen LogP contribution is 2.20. The van der Waals surface area contributed by atoms with E-state index >= 15 is 0 Å². The Morgan fingerprint density at radius 2 is 2.10 bits per heavy atom. The number of β-amino-alcohol motifs (C(OH)–C–C–N with tert-alkyl or cyclic N) is 1. The average molecular weight is 287 g/mol. The summed E-state index contributed by atoms with van der Waals surface area (Å²) < 4.78 is 7.20. The van der Waals surface area contributed by atoms with Crippen molar-refractivity contribution in [1.82, 2.24) is 9.78 Å². The predicted octanol–water partition coefficient (Wildman–Crippen LogP) is 1.52. The fourth-order valence-electron chi connectivity index (χ4n) is 2.77. The Morgan fingerprint density at radius 1 is 1.29 bits per heavy atom. The number of benzene rings is 1. The van der Waals surface area contributed by atoms with Gasteiger partial charge in [0.05, 0.1) is 18.8 Å². The Balaban J connectivity index is 1.65. The molecule has 0 spiro atoms. The highest BCUT2D eigenvalue weighted by atomic mass is 16.5. The molecule has 1 fully saturated rings. The number of anilines is 1. The summed E-state index contributed by atoms with van der Waals surface area (Å²) in [7, 11) is 1.65. The molecule has 0 saturated carbocycles. The summed E-state index contributed by atoms with van der Waals surface area (Å²) in [5.74, 6) is 0.916. The first-order chi connectivity index (χ1) is 10.3. The lowest BCUT2D eigenvalue weighted by atomic mass is 10.1. The smallest absolute Gasteiger partial charge is 0.150 e. The van der Waals surface area contributed by atoms with E-state index in [0.717, 1.165) is 25.3 Å². The van der Waals surface area contributed by atoms with Gasteiger partial charge in [-0.3, -0.25) is 4.68 Å². The molecule has 0 bridgehead atoms. The normalized spacial score (nSPS) is 22.5. The molecule has 2 atom stereocenters. The van der Waals surface area contributed by atoms with E-state index in [4.69, 9.17) is 4.74 Å². The zero-order chi connectivity index (χ0) is 14.7. The van der Waals surface area contributed by atoms with Crippen LogP contribution in [0.2, 0.25) is 0 Å². The molecule has 1 aromatic heterocycles. The molecule has 2 heterocycles. The molecule has 5 heteroatoms. The molecule has 3 rings (SSSR count). The number of hydrogen-bond acceptors (Lipinski definition) is 4. The van der Waals surface area contributed by atoms with Crippen LogP contribution in [0.3, 0.4) is 0 Å². The first kappa shape index (κ1) is 14.1. The fraction of sp³-hybridized carbons (Fsp3) is 0.438. The zero-order valence-corrected chi connectivity index (χ0v) is 12.2. The van der Waals surface area contributed by atoms with Crippen molar-refractivity contribution in [3.8, 4) is 0 Å². The number of aliphatic hydroxyl groups excluding tert-OH is 1. The molecule has 5 nitrogen and oxygen atoms in total. The van der Waals surface area contributed by atoms with E-state index in [-0.39, 0.29) is 6.10 Å². The van der Waals surface area contributed by atoms with Gasteiger partial charge in [-0.05, 0) is 12.0 Å². The highest BCUT2D eigenvalue weighted by Gasteiger charge is 2.28. The molecule has 0 aliphatic carbocycles. The van der Waals surface area contributed by atoms with Gasteiger partial charge in [-0.2, -0.15) is 5.10 Å². The lowest BCUT2D eigenvalue weighted by Gasteiger charge is -2.35. The van der Waals surface area contributed by atoms with Gasteiger partial charge in [-0.25, -0.2) is 0 Å². The van der Waals surface area contributed by atoms with Crippen molar-refractivity contribution in [2.45, 2.75) is 25.2 Å². The van der Waals surface area contributed by atoms with Gasteiger partial charge in [0.25, 0.3) is 0 Å². The van der Waals surface area contributed by atoms with Crippen molar-refractivity contribution in [2.24, 2.45) is 0 Å². The number of aliphatic hydroxyl groups is 1. The fourth-order valence-corrected chi connectivity index (χ4v) is 2.77. The van der Waals surface area contributed by atoms with Crippen LogP contribution in [0, 0.1) is 0 Å². The summed E-state index contributed by atoms with van der Waals surface area (Å²) in [6.07, 6.45) is 2.29. The lowest BCUT2D eigenvalue weighted by Crippen LogP contribution is -2.47. The minimum absolute atomic E-state index is 0.0624. The van der Waals surface area contributed by atoms with Crippen molar-refractivity contribution < 1.29 is 9.84 Å². The molecule has 1 aromatic carbocycles. The van der Waals surface area contributed by atoms with Crippen LogP contribution in [0.25, 0.3) is 0 Å². The first-order valence-electron chi connectivity index (χ1n) is 7.29. The molecule has 1 aliphatic rings. The van der Waals surface area contributed by atoms with Crippen LogP contribution in [-0.4, -0.2) is 47.3 Å². The Hall–Kier alpha value is -1.85. The number of nitrogens with zero attached hydrogens (tertiary/aromatic N) is 3. The zero-order valence-electron chi connectivity index (χ0n) is 12.2. The lowest BCUT2D eigenvalue weighted by molar-refractivity contribution is -0.0218.